The number of fused-ring (bicyclic) bond motifs is 1. The minimum atomic E-state index is -0.0849. The molecule has 2 aromatic heterocycles. The lowest BCUT2D eigenvalue weighted by Gasteiger charge is -2.28. The number of aromatic nitrogens is 3. The molecule has 160 valence electrons. The van der Waals surface area contributed by atoms with Gasteiger partial charge in [0.05, 0.1) is 22.9 Å². The molecule has 1 fully saturated rings. The Labute approximate surface area is 185 Å². The van der Waals surface area contributed by atoms with E-state index in [1.165, 1.54) is 11.3 Å². The van der Waals surface area contributed by atoms with Gasteiger partial charge in [0.15, 0.2) is 5.13 Å². The summed E-state index contributed by atoms with van der Waals surface area (Å²) in [7, 11) is 0. The standard InChI is InChI=1S/C21H26ClN5O2S/c1-15(2)27-17(7-8-23-27)20(28)26(10-4-9-25-11-13-29-14-12-25)21-24-19-16(22)5-3-6-18(19)30-21/h3,5-8,15H,4,9-14H2,1-2H3. The summed E-state index contributed by atoms with van der Waals surface area (Å²) >= 11 is 7.83. The third kappa shape index (κ3) is 4.51. The van der Waals surface area contributed by atoms with E-state index in [2.05, 4.69) is 10.00 Å². The van der Waals surface area contributed by atoms with Crippen molar-refractivity contribution in [3.05, 3.63) is 41.2 Å². The third-order valence-corrected chi connectivity index (χ3v) is 6.52. The number of rotatable bonds is 7. The summed E-state index contributed by atoms with van der Waals surface area (Å²) in [4.78, 5) is 22.4. The Balaban J connectivity index is 1.60. The normalized spacial score (nSPS) is 15.2. The molecule has 0 aliphatic carbocycles. The van der Waals surface area contributed by atoms with Gasteiger partial charge in [0.1, 0.15) is 11.2 Å². The number of anilines is 1. The zero-order chi connectivity index (χ0) is 21.1. The molecule has 1 aliphatic rings. The molecule has 1 amide bonds. The molecule has 0 spiro atoms. The second-order valence-corrected chi connectivity index (χ2v) is 9.02. The maximum absolute atomic E-state index is 13.5. The first-order chi connectivity index (χ1) is 14.5. The van der Waals surface area contributed by atoms with E-state index in [4.69, 9.17) is 21.3 Å². The Bertz CT molecular complexity index is 1010. The maximum atomic E-state index is 13.5. The number of carbonyl (C=O) groups is 1. The Morgan fingerprint density at radius 1 is 1.30 bits per heavy atom. The molecule has 0 unspecified atom stereocenters. The Morgan fingerprint density at radius 3 is 2.83 bits per heavy atom. The second-order valence-electron chi connectivity index (χ2n) is 7.60. The largest absolute Gasteiger partial charge is 0.379 e. The topological polar surface area (TPSA) is 63.5 Å². The molecule has 0 N–H and O–H groups in total. The zero-order valence-corrected chi connectivity index (χ0v) is 18.8. The Hall–Kier alpha value is -2.00. The molecule has 0 saturated carbocycles. The van der Waals surface area contributed by atoms with Crippen molar-refractivity contribution in [3.8, 4) is 0 Å². The summed E-state index contributed by atoms with van der Waals surface area (Å²) in [5, 5.41) is 5.60. The van der Waals surface area contributed by atoms with Crippen LogP contribution in [0.1, 0.15) is 36.8 Å². The third-order valence-electron chi connectivity index (χ3n) is 5.17. The molecule has 3 aromatic rings. The minimum absolute atomic E-state index is 0.0849. The predicted molar refractivity (Wildman–Crippen MR) is 121 cm³/mol. The van der Waals surface area contributed by atoms with Crippen LogP contribution < -0.4 is 4.90 Å². The van der Waals surface area contributed by atoms with Crippen LogP contribution in [0, 0.1) is 0 Å². The lowest BCUT2D eigenvalue weighted by Crippen LogP contribution is -2.39. The summed E-state index contributed by atoms with van der Waals surface area (Å²) in [5.74, 6) is -0.0849. The average molecular weight is 448 g/mol. The van der Waals surface area contributed by atoms with Gasteiger partial charge in [-0.15, -0.1) is 0 Å². The summed E-state index contributed by atoms with van der Waals surface area (Å²) in [6, 6.07) is 7.59. The Kier molecular flexibility index (Phi) is 6.67. The summed E-state index contributed by atoms with van der Waals surface area (Å²) in [5.41, 5.74) is 1.31. The van der Waals surface area contributed by atoms with E-state index in [0.29, 0.717) is 22.4 Å². The molecule has 7 nitrogen and oxygen atoms in total. The van der Waals surface area contributed by atoms with E-state index in [9.17, 15) is 4.79 Å². The minimum Gasteiger partial charge on any atom is -0.379 e. The fourth-order valence-electron chi connectivity index (χ4n) is 3.61. The molecule has 1 aliphatic heterocycles. The molecule has 1 saturated heterocycles. The summed E-state index contributed by atoms with van der Waals surface area (Å²) < 4.78 is 8.16. The second kappa shape index (κ2) is 9.43. The molecule has 1 aromatic carbocycles. The number of hydrogen-bond acceptors (Lipinski definition) is 6. The van der Waals surface area contributed by atoms with Crippen LogP contribution in [0.2, 0.25) is 5.02 Å². The highest BCUT2D eigenvalue weighted by Crippen LogP contribution is 2.33. The Morgan fingerprint density at radius 2 is 2.10 bits per heavy atom. The molecule has 4 rings (SSSR count). The summed E-state index contributed by atoms with van der Waals surface area (Å²) in [6.45, 7) is 8.95. The summed E-state index contributed by atoms with van der Waals surface area (Å²) in [6.07, 6.45) is 2.53. The maximum Gasteiger partial charge on any atom is 0.278 e. The van der Waals surface area contributed by atoms with E-state index in [-0.39, 0.29) is 11.9 Å². The van der Waals surface area contributed by atoms with Crippen LogP contribution in [0.25, 0.3) is 10.2 Å². The van der Waals surface area contributed by atoms with Crippen LogP contribution in [0.3, 0.4) is 0 Å². The quantitative estimate of drug-likeness (QED) is 0.545. The molecule has 0 radical (unpaired) electrons. The van der Waals surface area contributed by atoms with Gasteiger partial charge in [-0.25, -0.2) is 4.98 Å². The number of amides is 1. The molecule has 30 heavy (non-hydrogen) atoms. The van der Waals surface area contributed by atoms with Gasteiger partial charge in [-0.05, 0) is 38.5 Å². The van der Waals surface area contributed by atoms with Gasteiger partial charge in [-0.2, -0.15) is 5.10 Å². The van der Waals surface area contributed by atoms with Gasteiger partial charge in [0.25, 0.3) is 5.91 Å². The number of thiazole rings is 1. The van der Waals surface area contributed by atoms with Crippen LogP contribution in [-0.4, -0.2) is 65.0 Å². The first-order valence-electron chi connectivity index (χ1n) is 10.2. The highest BCUT2D eigenvalue weighted by molar-refractivity contribution is 7.22. The van der Waals surface area contributed by atoms with Crippen LogP contribution in [0.4, 0.5) is 5.13 Å². The number of carbonyl (C=O) groups excluding carboxylic acids is 1. The first-order valence-corrected chi connectivity index (χ1v) is 11.4. The van der Waals surface area contributed by atoms with E-state index in [0.717, 1.165) is 49.5 Å². The smallest absolute Gasteiger partial charge is 0.278 e. The first kappa shape index (κ1) is 21.2. The van der Waals surface area contributed by atoms with Crippen LogP contribution in [0.15, 0.2) is 30.5 Å². The number of para-hydroxylation sites is 1. The van der Waals surface area contributed by atoms with Crippen LogP contribution in [-0.2, 0) is 4.74 Å². The fourth-order valence-corrected chi connectivity index (χ4v) is 4.90. The number of ether oxygens (including phenoxy) is 1. The van der Waals surface area contributed by atoms with Crippen LogP contribution in [0.5, 0.6) is 0 Å². The van der Waals surface area contributed by atoms with E-state index in [1.54, 1.807) is 21.8 Å². The number of hydrogen-bond donors (Lipinski definition) is 0. The number of nitrogens with zero attached hydrogens (tertiary/aromatic N) is 5. The number of halogens is 1. The van der Waals surface area contributed by atoms with Gasteiger partial charge in [0, 0.05) is 38.4 Å². The van der Waals surface area contributed by atoms with Crippen molar-refractivity contribution in [2.45, 2.75) is 26.3 Å². The predicted octanol–water partition coefficient (Wildman–Crippen LogP) is 4.10. The molecular weight excluding hydrogens is 422 g/mol. The molecule has 9 heteroatoms. The number of benzene rings is 1. The fraction of sp³-hybridized carbons (Fsp3) is 0.476. The van der Waals surface area contributed by atoms with Crippen molar-refractivity contribution >= 4 is 44.2 Å². The highest BCUT2D eigenvalue weighted by atomic mass is 35.5. The SMILES string of the molecule is CC(C)n1nccc1C(=O)N(CCCN1CCOCC1)c1nc2c(Cl)cccc2s1. The van der Waals surface area contributed by atoms with E-state index in [1.807, 2.05) is 32.0 Å². The van der Waals surface area contributed by atoms with Crippen LogP contribution >= 0.6 is 22.9 Å². The van der Waals surface area contributed by atoms with Gasteiger partial charge in [-0.3, -0.25) is 19.3 Å². The number of morpholine rings is 1. The zero-order valence-electron chi connectivity index (χ0n) is 17.3. The van der Waals surface area contributed by atoms with E-state index < -0.39 is 0 Å². The van der Waals surface area contributed by atoms with Gasteiger partial charge < -0.3 is 4.74 Å². The lowest BCUT2D eigenvalue weighted by atomic mass is 10.3. The van der Waals surface area contributed by atoms with Crippen molar-refractivity contribution in [3.63, 3.8) is 0 Å². The van der Waals surface area contributed by atoms with Gasteiger partial charge in [-0.1, -0.05) is 29.0 Å². The van der Waals surface area contributed by atoms with Crippen molar-refractivity contribution in [1.82, 2.24) is 19.7 Å². The van der Waals surface area contributed by atoms with Crippen molar-refractivity contribution in [2.75, 3.05) is 44.3 Å². The van der Waals surface area contributed by atoms with E-state index >= 15 is 0 Å². The molecular formula is C21H26ClN5O2S. The molecule has 0 bridgehead atoms. The molecule has 0 atom stereocenters. The van der Waals surface area contributed by atoms with Crippen molar-refractivity contribution in [1.29, 1.82) is 0 Å². The van der Waals surface area contributed by atoms with Crippen molar-refractivity contribution < 1.29 is 9.53 Å². The lowest BCUT2D eigenvalue weighted by molar-refractivity contribution is 0.0376. The van der Waals surface area contributed by atoms with Gasteiger partial charge >= 0.3 is 0 Å². The highest BCUT2D eigenvalue weighted by Gasteiger charge is 2.25. The van der Waals surface area contributed by atoms with Gasteiger partial charge in [0.2, 0.25) is 0 Å². The van der Waals surface area contributed by atoms with Crippen molar-refractivity contribution in [2.24, 2.45) is 0 Å². The average Bonchev–Trinajstić information content (AvgIpc) is 3.39. The molecule has 3 heterocycles. The monoisotopic (exact) mass is 447 g/mol.